The zero-order chi connectivity index (χ0) is 28.8. The average molecular weight is 554 g/mol. The molecule has 0 aliphatic rings. The standard InChI is InChI=1S/C30H36FN3O4S/c1-6-23-16-18-25(19-17-23)34(39(37,38)26-13-8-7-9-14-26)21-28(35)33(20-24-12-10-11-15-27(24)31)22(2)29(36)32-30(3,4)5/h7-19,22H,6,20-21H2,1-5H3,(H,32,36). The largest absolute Gasteiger partial charge is 0.350 e. The Labute approximate surface area is 230 Å². The molecule has 0 saturated heterocycles. The molecule has 0 fully saturated rings. The number of nitrogens with one attached hydrogen (secondary N) is 1. The first-order valence-corrected chi connectivity index (χ1v) is 14.3. The topological polar surface area (TPSA) is 86.8 Å². The average Bonchev–Trinajstić information content (AvgIpc) is 2.90. The third-order valence-corrected chi connectivity index (χ3v) is 7.99. The number of nitrogens with zero attached hydrogens (tertiary/aromatic N) is 2. The number of hydrogen-bond donors (Lipinski definition) is 1. The van der Waals surface area contributed by atoms with Gasteiger partial charge in [0, 0.05) is 17.6 Å². The van der Waals surface area contributed by atoms with E-state index in [-0.39, 0.29) is 17.0 Å². The molecule has 0 aliphatic carbocycles. The molecule has 0 radical (unpaired) electrons. The van der Waals surface area contributed by atoms with Gasteiger partial charge in [0.25, 0.3) is 10.0 Å². The quantitative estimate of drug-likeness (QED) is 0.386. The van der Waals surface area contributed by atoms with Gasteiger partial charge in [-0.3, -0.25) is 13.9 Å². The second-order valence-corrected chi connectivity index (χ2v) is 12.2. The molecule has 0 spiro atoms. The van der Waals surface area contributed by atoms with Crippen LogP contribution in [0.25, 0.3) is 0 Å². The summed E-state index contributed by atoms with van der Waals surface area (Å²) in [5.41, 5.74) is 0.964. The maximum atomic E-state index is 14.6. The third kappa shape index (κ3) is 7.66. The van der Waals surface area contributed by atoms with E-state index in [0.717, 1.165) is 16.3 Å². The van der Waals surface area contributed by atoms with Crippen molar-refractivity contribution in [3.05, 3.63) is 95.8 Å². The summed E-state index contributed by atoms with van der Waals surface area (Å²) in [7, 11) is -4.15. The van der Waals surface area contributed by atoms with Crippen molar-refractivity contribution < 1.29 is 22.4 Å². The first kappa shape index (κ1) is 29.8. The SMILES string of the molecule is CCc1ccc(N(CC(=O)N(Cc2ccccc2F)C(C)C(=O)NC(C)(C)C)S(=O)(=O)c2ccccc2)cc1. The van der Waals surface area contributed by atoms with Crippen LogP contribution < -0.4 is 9.62 Å². The number of aryl methyl sites for hydroxylation is 1. The maximum absolute atomic E-state index is 14.6. The van der Waals surface area contributed by atoms with Gasteiger partial charge < -0.3 is 10.2 Å². The molecule has 1 atom stereocenters. The molecule has 1 N–H and O–H groups in total. The summed E-state index contributed by atoms with van der Waals surface area (Å²) in [4.78, 5) is 28.2. The van der Waals surface area contributed by atoms with E-state index in [4.69, 9.17) is 0 Å². The number of carbonyl (C=O) groups excluding carboxylic acids is 2. The Kier molecular flexibility index (Phi) is 9.50. The van der Waals surface area contributed by atoms with E-state index < -0.39 is 45.8 Å². The smallest absolute Gasteiger partial charge is 0.264 e. The fourth-order valence-corrected chi connectivity index (χ4v) is 5.45. The van der Waals surface area contributed by atoms with E-state index in [9.17, 15) is 22.4 Å². The lowest BCUT2D eigenvalue weighted by Crippen LogP contribution is -2.54. The Hall–Kier alpha value is -3.72. The van der Waals surface area contributed by atoms with Crippen molar-refractivity contribution in [2.75, 3.05) is 10.8 Å². The summed E-state index contributed by atoms with van der Waals surface area (Å²) >= 11 is 0. The molecule has 0 heterocycles. The molecular weight excluding hydrogens is 517 g/mol. The molecule has 0 aliphatic heterocycles. The van der Waals surface area contributed by atoms with E-state index in [1.54, 1.807) is 43.3 Å². The lowest BCUT2D eigenvalue weighted by Gasteiger charge is -2.33. The number of rotatable bonds is 10. The Balaban J connectivity index is 2.04. The van der Waals surface area contributed by atoms with Gasteiger partial charge in [-0.15, -0.1) is 0 Å². The number of carbonyl (C=O) groups is 2. The first-order chi connectivity index (χ1) is 18.3. The Morgan fingerprint density at radius 3 is 2.08 bits per heavy atom. The van der Waals surface area contributed by atoms with E-state index in [2.05, 4.69) is 5.32 Å². The zero-order valence-electron chi connectivity index (χ0n) is 23.0. The minimum atomic E-state index is -4.15. The second-order valence-electron chi connectivity index (χ2n) is 10.4. The Morgan fingerprint density at radius 2 is 1.51 bits per heavy atom. The van der Waals surface area contributed by atoms with Crippen molar-refractivity contribution in [2.24, 2.45) is 0 Å². The summed E-state index contributed by atoms with van der Waals surface area (Å²) in [6, 6.07) is 19.8. The lowest BCUT2D eigenvalue weighted by molar-refractivity contribution is -0.140. The van der Waals surface area contributed by atoms with Crippen molar-refractivity contribution in [1.29, 1.82) is 0 Å². The van der Waals surface area contributed by atoms with Crippen LogP contribution >= 0.6 is 0 Å². The van der Waals surface area contributed by atoms with E-state index >= 15 is 0 Å². The van der Waals surface area contributed by atoms with Crippen molar-refractivity contribution in [2.45, 2.75) is 64.1 Å². The normalized spacial score (nSPS) is 12.5. The number of benzene rings is 3. The highest BCUT2D eigenvalue weighted by atomic mass is 32.2. The van der Waals surface area contributed by atoms with E-state index in [1.807, 2.05) is 39.8 Å². The summed E-state index contributed by atoms with van der Waals surface area (Å²) in [6.45, 7) is 8.19. The number of hydrogen-bond acceptors (Lipinski definition) is 4. The predicted molar refractivity (Wildman–Crippen MR) is 151 cm³/mol. The van der Waals surface area contributed by atoms with Gasteiger partial charge >= 0.3 is 0 Å². The predicted octanol–water partition coefficient (Wildman–Crippen LogP) is 4.92. The van der Waals surface area contributed by atoms with E-state index in [1.165, 1.54) is 35.2 Å². The highest BCUT2D eigenvalue weighted by molar-refractivity contribution is 7.92. The summed E-state index contributed by atoms with van der Waals surface area (Å²) in [5.74, 6) is -1.60. The molecule has 1 unspecified atom stereocenters. The molecule has 7 nitrogen and oxygen atoms in total. The van der Waals surface area contributed by atoms with Crippen LogP contribution in [0, 0.1) is 5.82 Å². The summed E-state index contributed by atoms with van der Waals surface area (Å²) in [6.07, 6.45) is 0.765. The molecule has 3 aromatic rings. The molecule has 0 bridgehead atoms. The molecule has 3 rings (SSSR count). The van der Waals surface area contributed by atoms with Crippen LogP contribution in [0.5, 0.6) is 0 Å². The molecule has 3 aromatic carbocycles. The van der Waals surface area contributed by atoms with Gasteiger partial charge in [-0.1, -0.05) is 55.5 Å². The number of amides is 2. The molecule has 9 heteroatoms. The second kappa shape index (κ2) is 12.4. The number of sulfonamides is 1. The van der Waals surface area contributed by atoms with Crippen LogP contribution in [0.1, 0.15) is 45.7 Å². The third-order valence-electron chi connectivity index (χ3n) is 6.21. The first-order valence-electron chi connectivity index (χ1n) is 12.8. The molecule has 208 valence electrons. The van der Waals surface area contributed by atoms with Crippen LogP contribution in [0.15, 0.2) is 83.8 Å². The molecule has 0 aromatic heterocycles. The fourth-order valence-electron chi connectivity index (χ4n) is 4.01. The van der Waals surface area contributed by atoms with Crippen LogP contribution in [-0.4, -0.2) is 43.3 Å². The maximum Gasteiger partial charge on any atom is 0.264 e. The van der Waals surface area contributed by atoms with Gasteiger partial charge in [-0.25, -0.2) is 12.8 Å². The van der Waals surface area contributed by atoms with Crippen LogP contribution in [0.3, 0.4) is 0 Å². The summed E-state index contributed by atoms with van der Waals surface area (Å²) in [5, 5.41) is 2.85. The molecular formula is C30H36FN3O4S. The lowest BCUT2D eigenvalue weighted by atomic mass is 10.1. The van der Waals surface area contributed by atoms with E-state index in [0.29, 0.717) is 5.69 Å². The Morgan fingerprint density at radius 1 is 0.923 bits per heavy atom. The van der Waals surface area contributed by atoms with Gasteiger partial charge in [-0.05, 0) is 70.0 Å². The van der Waals surface area contributed by atoms with Gasteiger partial charge in [-0.2, -0.15) is 0 Å². The van der Waals surface area contributed by atoms with Gasteiger partial charge in [0.1, 0.15) is 18.4 Å². The van der Waals surface area contributed by atoms with Gasteiger partial charge in [0.2, 0.25) is 11.8 Å². The number of halogens is 1. The highest BCUT2D eigenvalue weighted by Gasteiger charge is 2.33. The van der Waals surface area contributed by atoms with Crippen LogP contribution in [-0.2, 0) is 32.6 Å². The number of anilines is 1. The van der Waals surface area contributed by atoms with Crippen LogP contribution in [0.4, 0.5) is 10.1 Å². The Bertz CT molecular complexity index is 1390. The van der Waals surface area contributed by atoms with Crippen molar-refractivity contribution in [3.8, 4) is 0 Å². The minimum Gasteiger partial charge on any atom is -0.350 e. The monoisotopic (exact) mass is 553 g/mol. The minimum absolute atomic E-state index is 0.0246. The molecule has 39 heavy (non-hydrogen) atoms. The van der Waals surface area contributed by atoms with Crippen molar-refractivity contribution >= 4 is 27.5 Å². The molecule has 0 saturated carbocycles. The van der Waals surface area contributed by atoms with Crippen LogP contribution in [0.2, 0.25) is 0 Å². The van der Waals surface area contributed by atoms with Gasteiger partial charge in [0.05, 0.1) is 10.6 Å². The zero-order valence-corrected chi connectivity index (χ0v) is 23.8. The fraction of sp³-hybridized carbons (Fsp3) is 0.333. The van der Waals surface area contributed by atoms with Gasteiger partial charge in [0.15, 0.2) is 0 Å². The van der Waals surface area contributed by atoms with Crippen molar-refractivity contribution in [1.82, 2.24) is 10.2 Å². The molecule has 2 amide bonds. The highest BCUT2D eigenvalue weighted by Crippen LogP contribution is 2.25. The van der Waals surface area contributed by atoms with Crippen molar-refractivity contribution in [3.63, 3.8) is 0 Å². The summed E-state index contributed by atoms with van der Waals surface area (Å²) < 4.78 is 43.2.